The molecule has 0 amide bonds. The fourth-order valence-corrected chi connectivity index (χ4v) is 3.53. The first-order chi connectivity index (χ1) is 10.2. The minimum Gasteiger partial charge on any atom is -0.508 e. The smallest absolute Gasteiger partial charge is 0.360 e. The molecule has 1 aliphatic heterocycles. The van der Waals surface area contributed by atoms with E-state index in [1.807, 2.05) is 35.2 Å². The maximum atomic E-state index is 12.2. The number of rotatable bonds is 1. The lowest BCUT2D eigenvalue weighted by Crippen LogP contribution is -2.19. The fourth-order valence-electron chi connectivity index (χ4n) is 2.48. The summed E-state index contributed by atoms with van der Waals surface area (Å²) in [4.78, 5) is 15.4. The average Bonchev–Trinajstić information content (AvgIpc) is 2.90. The van der Waals surface area contributed by atoms with Gasteiger partial charge < -0.3 is 14.4 Å². The molecule has 0 bridgehead atoms. The van der Waals surface area contributed by atoms with Crippen LogP contribution >= 0.6 is 11.8 Å². The van der Waals surface area contributed by atoms with Crippen molar-refractivity contribution in [2.24, 2.45) is 0 Å². The second-order valence-electron chi connectivity index (χ2n) is 4.81. The fraction of sp³-hybridized carbons (Fsp3) is 0.0625. The molecule has 0 aliphatic carbocycles. The van der Waals surface area contributed by atoms with Crippen molar-refractivity contribution in [2.45, 2.75) is 4.90 Å². The molecule has 1 aliphatic rings. The van der Waals surface area contributed by atoms with Gasteiger partial charge in [0.05, 0.1) is 11.6 Å². The van der Waals surface area contributed by atoms with Gasteiger partial charge in [0.15, 0.2) is 0 Å². The van der Waals surface area contributed by atoms with Crippen LogP contribution in [0.25, 0.3) is 11.0 Å². The normalized spacial score (nSPS) is 13.6. The standard InChI is InChI=1S/C16H11NO3S/c18-11-6-5-10-7-13(16(19)20-14(10)8-11)17-9-21-15-4-2-1-3-12(15)17/h1-8,18H,9H2. The first kappa shape index (κ1) is 12.3. The van der Waals surface area contributed by atoms with Crippen molar-refractivity contribution < 1.29 is 9.52 Å². The molecule has 0 fully saturated rings. The van der Waals surface area contributed by atoms with E-state index < -0.39 is 5.63 Å². The Morgan fingerprint density at radius 1 is 1.10 bits per heavy atom. The summed E-state index contributed by atoms with van der Waals surface area (Å²) in [5, 5.41) is 10.2. The summed E-state index contributed by atoms with van der Waals surface area (Å²) in [5.41, 5.74) is 1.54. The summed E-state index contributed by atoms with van der Waals surface area (Å²) < 4.78 is 5.33. The van der Waals surface area contributed by atoms with Crippen LogP contribution in [0.3, 0.4) is 0 Å². The van der Waals surface area contributed by atoms with E-state index in [0.29, 0.717) is 17.1 Å². The number of thioether (sulfide) groups is 1. The number of nitrogens with zero attached hydrogens (tertiary/aromatic N) is 1. The Balaban J connectivity index is 1.90. The lowest BCUT2D eigenvalue weighted by atomic mass is 10.2. The highest BCUT2D eigenvalue weighted by Gasteiger charge is 2.23. The van der Waals surface area contributed by atoms with Gasteiger partial charge in [-0.2, -0.15) is 0 Å². The van der Waals surface area contributed by atoms with Crippen molar-refractivity contribution in [1.29, 1.82) is 0 Å². The van der Waals surface area contributed by atoms with Gasteiger partial charge in [0.25, 0.3) is 0 Å². The van der Waals surface area contributed by atoms with Crippen LogP contribution in [0.5, 0.6) is 5.75 Å². The highest BCUT2D eigenvalue weighted by atomic mass is 32.2. The lowest BCUT2D eigenvalue weighted by molar-refractivity contribution is 0.473. The maximum absolute atomic E-state index is 12.2. The van der Waals surface area contributed by atoms with E-state index in [4.69, 9.17) is 4.42 Å². The van der Waals surface area contributed by atoms with E-state index in [9.17, 15) is 9.90 Å². The molecule has 0 spiro atoms. The van der Waals surface area contributed by atoms with E-state index in [1.165, 1.54) is 6.07 Å². The average molecular weight is 297 g/mol. The summed E-state index contributed by atoms with van der Waals surface area (Å²) in [7, 11) is 0. The zero-order valence-electron chi connectivity index (χ0n) is 10.9. The van der Waals surface area contributed by atoms with Gasteiger partial charge in [0, 0.05) is 16.3 Å². The minimum absolute atomic E-state index is 0.0838. The molecule has 0 radical (unpaired) electrons. The molecule has 0 unspecified atom stereocenters. The van der Waals surface area contributed by atoms with Crippen molar-refractivity contribution in [3.05, 3.63) is 59.0 Å². The first-order valence-corrected chi connectivity index (χ1v) is 7.47. The summed E-state index contributed by atoms with van der Waals surface area (Å²) in [6, 6.07) is 14.6. The zero-order valence-corrected chi connectivity index (χ0v) is 11.8. The van der Waals surface area contributed by atoms with Crippen LogP contribution in [-0.4, -0.2) is 11.0 Å². The van der Waals surface area contributed by atoms with Crippen molar-refractivity contribution in [1.82, 2.24) is 0 Å². The van der Waals surface area contributed by atoms with E-state index >= 15 is 0 Å². The van der Waals surface area contributed by atoms with Crippen molar-refractivity contribution in [2.75, 3.05) is 10.8 Å². The molecule has 0 atom stereocenters. The lowest BCUT2D eigenvalue weighted by Gasteiger charge is -2.17. The Bertz CT molecular complexity index is 903. The Labute approximate surface area is 124 Å². The molecule has 21 heavy (non-hydrogen) atoms. The number of anilines is 2. The number of fused-ring (bicyclic) bond motifs is 2. The molecule has 0 saturated heterocycles. The number of hydrogen-bond acceptors (Lipinski definition) is 5. The van der Waals surface area contributed by atoms with Crippen LogP contribution in [-0.2, 0) is 0 Å². The topological polar surface area (TPSA) is 53.7 Å². The Morgan fingerprint density at radius 2 is 1.95 bits per heavy atom. The SMILES string of the molecule is O=c1oc2cc(O)ccc2cc1N1CSc2ccccc21. The number of phenolic OH excluding ortho intramolecular Hbond substituents is 1. The third kappa shape index (κ3) is 1.97. The van der Waals surface area contributed by atoms with Crippen LogP contribution in [0, 0.1) is 0 Å². The summed E-state index contributed by atoms with van der Waals surface area (Å²) >= 11 is 1.69. The second-order valence-corrected chi connectivity index (χ2v) is 5.80. The van der Waals surface area contributed by atoms with Crippen LogP contribution in [0.4, 0.5) is 11.4 Å². The number of benzene rings is 2. The van der Waals surface area contributed by atoms with Gasteiger partial charge in [0.2, 0.25) is 0 Å². The zero-order chi connectivity index (χ0) is 14.4. The van der Waals surface area contributed by atoms with Gasteiger partial charge in [-0.05, 0) is 30.3 Å². The molecule has 2 heterocycles. The minimum atomic E-state index is -0.398. The molecule has 4 rings (SSSR count). The molecular weight excluding hydrogens is 286 g/mol. The van der Waals surface area contributed by atoms with Crippen LogP contribution in [0.2, 0.25) is 0 Å². The van der Waals surface area contributed by atoms with Gasteiger partial charge in [-0.1, -0.05) is 12.1 Å². The van der Waals surface area contributed by atoms with E-state index in [2.05, 4.69) is 0 Å². The molecule has 3 aromatic rings. The summed E-state index contributed by atoms with van der Waals surface area (Å²) in [6.07, 6.45) is 0. The number of hydrogen-bond donors (Lipinski definition) is 1. The van der Waals surface area contributed by atoms with Crippen molar-refractivity contribution >= 4 is 34.1 Å². The number of aromatic hydroxyl groups is 1. The molecule has 2 aromatic carbocycles. The van der Waals surface area contributed by atoms with Gasteiger partial charge in [-0.3, -0.25) is 0 Å². The first-order valence-electron chi connectivity index (χ1n) is 6.48. The van der Waals surface area contributed by atoms with Crippen LogP contribution in [0.1, 0.15) is 0 Å². The van der Waals surface area contributed by atoms with Crippen LogP contribution < -0.4 is 10.5 Å². The highest BCUT2D eigenvalue weighted by molar-refractivity contribution is 7.99. The summed E-state index contributed by atoms with van der Waals surface area (Å²) in [5.74, 6) is 0.772. The van der Waals surface area contributed by atoms with Crippen molar-refractivity contribution in [3.8, 4) is 5.75 Å². The molecule has 1 N–H and O–H groups in total. The van der Waals surface area contributed by atoms with Gasteiger partial charge in [-0.25, -0.2) is 4.79 Å². The van der Waals surface area contributed by atoms with E-state index in [1.54, 1.807) is 23.9 Å². The monoisotopic (exact) mass is 297 g/mol. The predicted molar refractivity (Wildman–Crippen MR) is 83.5 cm³/mol. The molecule has 1 aromatic heterocycles. The van der Waals surface area contributed by atoms with E-state index in [-0.39, 0.29) is 5.75 Å². The Morgan fingerprint density at radius 3 is 2.86 bits per heavy atom. The second kappa shape index (κ2) is 4.56. The molecule has 4 nitrogen and oxygen atoms in total. The Hall–Kier alpha value is -2.40. The van der Waals surface area contributed by atoms with Crippen molar-refractivity contribution in [3.63, 3.8) is 0 Å². The largest absolute Gasteiger partial charge is 0.508 e. The molecule has 0 saturated carbocycles. The third-order valence-electron chi connectivity index (χ3n) is 3.50. The van der Waals surface area contributed by atoms with Gasteiger partial charge in [-0.15, -0.1) is 11.8 Å². The quantitative estimate of drug-likeness (QED) is 0.694. The van der Waals surface area contributed by atoms with Gasteiger partial charge in [0.1, 0.15) is 17.0 Å². The third-order valence-corrected chi connectivity index (χ3v) is 4.54. The number of para-hydroxylation sites is 1. The van der Waals surface area contributed by atoms with E-state index in [0.717, 1.165) is 16.0 Å². The van der Waals surface area contributed by atoms with Gasteiger partial charge >= 0.3 is 5.63 Å². The molecule has 5 heteroatoms. The maximum Gasteiger partial charge on any atom is 0.360 e. The molecule has 104 valence electrons. The highest BCUT2D eigenvalue weighted by Crippen LogP contribution is 2.41. The Kier molecular flexibility index (Phi) is 2.68. The summed E-state index contributed by atoms with van der Waals surface area (Å²) in [6.45, 7) is 0. The van der Waals surface area contributed by atoms with Crippen LogP contribution in [0.15, 0.2) is 62.6 Å². The predicted octanol–water partition coefficient (Wildman–Crippen LogP) is 3.70. The number of phenols is 1. The molecular formula is C16H11NO3S.